The minimum Gasteiger partial charge on any atom is -0.490 e. The van der Waals surface area contributed by atoms with Crippen molar-refractivity contribution in [1.82, 2.24) is 9.97 Å². The zero-order valence-corrected chi connectivity index (χ0v) is 9.46. The molecule has 0 atom stereocenters. The minimum atomic E-state index is 0.177. The first kappa shape index (κ1) is 11.2. The third-order valence-corrected chi connectivity index (χ3v) is 2.01. The molecule has 0 fully saturated rings. The fraction of sp³-hybridized carbons (Fsp3) is 0.167. The lowest BCUT2D eigenvalue weighted by Crippen LogP contribution is -1.98. The van der Waals surface area contributed by atoms with Gasteiger partial charge in [-0.2, -0.15) is 4.98 Å². The summed E-state index contributed by atoms with van der Waals surface area (Å²) in [5.41, 5.74) is 5.48. The van der Waals surface area contributed by atoms with E-state index in [1.165, 1.54) is 0 Å². The van der Waals surface area contributed by atoms with Crippen molar-refractivity contribution < 1.29 is 9.47 Å². The van der Waals surface area contributed by atoms with Gasteiger partial charge in [0.15, 0.2) is 11.5 Å². The number of anilines is 1. The molecular formula is C12H13N3O2. The summed E-state index contributed by atoms with van der Waals surface area (Å²) < 4.78 is 11.0. The summed E-state index contributed by atoms with van der Waals surface area (Å²) in [5.74, 6) is 1.85. The first-order chi connectivity index (χ1) is 8.29. The van der Waals surface area contributed by atoms with E-state index in [9.17, 15) is 0 Å². The zero-order chi connectivity index (χ0) is 12.1. The summed E-state index contributed by atoms with van der Waals surface area (Å²) in [6.45, 7) is 2.49. The summed E-state index contributed by atoms with van der Waals surface area (Å²) in [4.78, 5) is 7.75. The molecule has 1 heterocycles. The van der Waals surface area contributed by atoms with Gasteiger partial charge >= 0.3 is 0 Å². The maximum atomic E-state index is 5.59. The summed E-state index contributed by atoms with van der Waals surface area (Å²) in [5, 5.41) is 0. The highest BCUT2D eigenvalue weighted by atomic mass is 16.5. The maximum absolute atomic E-state index is 5.59. The van der Waals surface area contributed by atoms with Gasteiger partial charge in [-0.3, -0.25) is 0 Å². The maximum Gasteiger partial charge on any atom is 0.224 e. The Hall–Kier alpha value is -2.30. The van der Waals surface area contributed by atoms with E-state index >= 15 is 0 Å². The highest BCUT2D eigenvalue weighted by Gasteiger charge is 2.05. The molecule has 1 aromatic heterocycles. The lowest BCUT2D eigenvalue weighted by molar-refractivity contribution is 0.319. The Bertz CT molecular complexity index is 503. The van der Waals surface area contributed by atoms with E-state index in [-0.39, 0.29) is 5.95 Å². The Morgan fingerprint density at radius 3 is 2.65 bits per heavy atom. The van der Waals surface area contributed by atoms with E-state index in [4.69, 9.17) is 15.2 Å². The van der Waals surface area contributed by atoms with Crippen LogP contribution in [0.5, 0.6) is 17.4 Å². The van der Waals surface area contributed by atoms with Gasteiger partial charge in [-0.1, -0.05) is 12.1 Å². The van der Waals surface area contributed by atoms with Crippen molar-refractivity contribution in [2.45, 2.75) is 6.92 Å². The van der Waals surface area contributed by atoms with Crippen LogP contribution in [0.15, 0.2) is 36.5 Å². The third-order valence-electron chi connectivity index (χ3n) is 2.01. The number of benzene rings is 1. The number of rotatable bonds is 4. The molecule has 0 bridgehead atoms. The molecule has 88 valence electrons. The van der Waals surface area contributed by atoms with Crippen LogP contribution in [0.4, 0.5) is 5.95 Å². The van der Waals surface area contributed by atoms with Crippen molar-refractivity contribution in [3.8, 4) is 17.4 Å². The van der Waals surface area contributed by atoms with E-state index in [1.807, 2.05) is 31.2 Å². The van der Waals surface area contributed by atoms with E-state index in [0.717, 1.165) is 0 Å². The molecule has 0 unspecified atom stereocenters. The lowest BCUT2D eigenvalue weighted by atomic mass is 10.3. The molecule has 0 amide bonds. The summed E-state index contributed by atoms with van der Waals surface area (Å²) in [7, 11) is 0. The Morgan fingerprint density at radius 2 is 1.94 bits per heavy atom. The quantitative estimate of drug-likeness (QED) is 0.873. The smallest absolute Gasteiger partial charge is 0.224 e. The van der Waals surface area contributed by atoms with Crippen LogP contribution in [-0.4, -0.2) is 16.6 Å². The van der Waals surface area contributed by atoms with Crippen LogP contribution in [0.1, 0.15) is 6.92 Å². The molecule has 0 radical (unpaired) electrons. The monoisotopic (exact) mass is 231 g/mol. The lowest BCUT2D eigenvalue weighted by Gasteiger charge is -2.10. The molecule has 0 saturated heterocycles. The molecule has 0 aliphatic rings. The molecule has 0 aliphatic heterocycles. The predicted octanol–water partition coefficient (Wildman–Crippen LogP) is 2.25. The van der Waals surface area contributed by atoms with Crippen LogP contribution in [0, 0.1) is 0 Å². The summed E-state index contributed by atoms with van der Waals surface area (Å²) >= 11 is 0. The Balaban J connectivity index is 2.23. The van der Waals surface area contributed by atoms with Gasteiger partial charge in [0.2, 0.25) is 11.8 Å². The van der Waals surface area contributed by atoms with Gasteiger partial charge in [-0.15, -0.1) is 0 Å². The number of hydrogen-bond donors (Lipinski definition) is 1. The van der Waals surface area contributed by atoms with Gasteiger partial charge in [0.1, 0.15) is 0 Å². The van der Waals surface area contributed by atoms with Crippen molar-refractivity contribution in [2.24, 2.45) is 0 Å². The van der Waals surface area contributed by atoms with Gasteiger partial charge in [-0.05, 0) is 19.1 Å². The normalized spacial score (nSPS) is 9.94. The number of para-hydroxylation sites is 2. The van der Waals surface area contributed by atoms with Crippen molar-refractivity contribution in [1.29, 1.82) is 0 Å². The van der Waals surface area contributed by atoms with E-state index in [1.54, 1.807) is 12.3 Å². The van der Waals surface area contributed by atoms with Crippen molar-refractivity contribution in [2.75, 3.05) is 12.3 Å². The SMILES string of the molecule is CCOc1ccccc1Oc1ccnc(N)n1. The fourth-order valence-corrected chi connectivity index (χ4v) is 1.34. The summed E-state index contributed by atoms with van der Waals surface area (Å²) in [6.07, 6.45) is 1.54. The molecule has 2 aromatic rings. The molecule has 0 aliphatic carbocycles. The average molecular weight is 231 g/mol. The molecule has 0 spiro atoms. The van der Waals surface area contributed by atoms with Gasteiger partial charge < -0.3 is 15.2 Å². The van der Waals surface area contributed by atoms with Gasteiger partial charge in [-0.25, -0.2) is 4.98 Å². The Labute approximate surface area is 99.2 Å². The average Bonchev–Trinajstić information content (AvgIpc) is 2.32. The highest BCUT2D eigenvalue weighted by molar-refractivity contribution is 5.41. The van der Waals surface area contributed by atoms with Gasteiger partial charge in [0, 0.05) is 12.3 Å². The van der Waals surface area contributed by atoms with Gasteiger partial charge in [0.25, 0.3) is 0 Å². The third kappa shape index (κ3) is 2.84. The minimum absolute atomic E-state index is 0.177. The van der Waals surface area contributed by atoms with Gasteiger partial charge in [0.05, 0.1) is 6.61 Å². The molecule has 5 nitrogen and oxygen atoms in total. The molecule has 17 heavy (non-hydrogen) atoms. The molecule has 5 heteroatoms. The Morgan fingerprint density at radius 1 is 1.18 bits per heavy atom. The second-order valence-corrected chi connectivity index (χ2v) is 3.23. The topological polar surface area (TPSA) is 70.3 Å². The predicted molar refractivity (Wildman–Crippen MR) is 64.1 cm³/mol. The first-order valence-corrected chi connectivity index (χ1v) is 5.28. The second kappa shape index (κ2) is 5.16. The van der Waals surface area contributed by atoms with E-state index < -0.39 is 0 Å². The van der Waals surface area contributed by atoms with Crippen molar-refractivity contribution in [3.63, 3.8) is 0 Å². The molecule has 0 saturated carbocycles. The zero-order valence-electron chi connectivity index (χ0n) is 9.46. The molecule has 1 aromatic carbocycles. The Kier molecular flexibility index (Phi) is 3.40. The highest BCUT2D eigenvalue weighted by Crippen LogP contribution is 2.30. The van der Waals surface area contributed by atoms with Crippen LogP contribution in [0.3, 0.4) is 0 Å². The standard InChI is InChI=1S/C12H13N3O2/c1-2-16-9-5-3-4-6-10(9)17-11-7-8-14-12(13)15-11/h3-8H,2H2,1H3,(H2,13,14,15). The number of ether oxygens (including phenoxy) is 2. The van der Waals surface area contributed by atoms with Crippen LogP contribution in [0.25, 0.3) is 0 Å². The number of nitrogens with zero attached hydrogens (tertiary/aromatic N) is 2. The number of aromatic nitrogens is 2. The molecular weight excluding hydrogens is 218 g/mol. The van der Waals surface area contributed by atoms with Crippen molar-refractivity contribution in [3.05, 3.63) is 36.5 Å². The molecule has 2 N–H and O–H groups in total. The summed E-state index contributed by atoms with van der Waals surface area (Å²) in [6, 6.07) is 9.03. The van der Waals surface area contributed by atoms with Crippen LogP contribution in [-0.2, 0) is 0 Å². The van der Waals surface area contributed by atoms with Crippen LogP contribution >= 0.6 is 0 Å². The number of nitrogens with two attached hydrogens (primary N) is 1. The largest absolute Gasteiger partial charge is 0.490 e. The number of nitrogen functional groups attached to an aromatic ring is 1. The van der Waals surface area contributed by atoms with Crippen LogP contribution in [0.2, 0.25) is 0 Å². The number of hydrogen-bond acceptors (Lipinski definition) is 5. The first-order valence-electron chi connectivity index (χ1n) is 5.28. The fourth-order valence-electron chi connectivity index (χ4n) is 1.34. The van der Waals surface area contributed by atoms with E-state index in [0.29, 0.717) is 24.0 Å². The van der Waals surface area contributed by atoms with Crippen molar-refractivity contribution >= 4 is 5.95 Å². The van der Waals surface area contributed by atoms with Crippen LogP contribution < -0.4 is 15.2 Å². The second-order valence-electron chi connectivity index (χ2n) is 3.23. The molecule has 2 rings (SSSR count). The van der Waals surface area contributed by atoms with E-state index in [2.05, 4.69) is 9.97 Å².